The maximum Gasteiger partial charge on any atom is 0.326 e. The lowest BCUT2D eigenvalue weighted by molar-refractivity contribution is -0.139. The number of hydrogen-bond acceptors (Lipinski definition) is 6. The molecule has 6 nitrogen and oxygen atoms in total. The van der Waals surface area contributed by atoms with Crippen molar-refractivity contribution in [1.82, 2.24) is 10.3 Å². The molecule has 3 aromatic carbocycles. The van der Waals surface area contributed by atoms with Crippen molar-refractivity contribution in [2.45, 2.75) is 32.5 Å². The van der Waals surface area contributed by atoms with Crippen LogP contribution in [-0.2, 0) is 17.9 Å². The Bertz CT molecular complexity index is 1460. The number of carboxylic acids is 1. The number of thioether (sulfide) groups is 1. The smallest absolute Gasteiger partial charge is 0.326 e. The monoisotopic (exact) mass is 581 g/mol. The summed E-state index contributed by atoms with van der Waals surface area (Å²) in [4.78, 5) is 32.1. The van der Waals surface area contributed by atoms with Gasteiger partial charge in [-0.25, -0.2) is 13.6 Å². The van der Waals surface area contributed by atoms with Gasteiger partial charge in [0.1, 0.15) is 17.7 Å². The minimum absolute atomic E-state index is 0.299. The second-order valence-electron chi connectivity index (χ2n) is 9.29. The number of thiazole rings is 1. The van der Waals surface area contributed by atoms with Crippen LogP contribution < -0.4 is 10.2 Å². The Hall–Kier alpha value is -3.76. The zero-order valence-corrected chi connectivity index (χ0v) is 23.7. The van der Waals surface area contributed by atoms with Crippen molar-refractivity contribution in [1.29, 1.82) is 0 Å². The fraction of sp³-hybridized carbons (Fsp3) is 0.233. The van der Waals surface area contributed by atoms with Crippen LogP contribution in [0.1, 0.15) is 32.8 Å². The highest BCUT2D eigenvalue weighted by atomic mass is 32.2. The van der Waals surface area contributed by atoms with Crippen LogP contribution in [0.5, 0.6) is 0 Å². The number of carbonyl (C=O) groups excluding carboxylic acids is 1. The fourth-order valence-electron chi connectivity index (χ4n) is 4.40. The summed E-state index contributed by atoms with van der Waals surface area (Å²) in [6, 6.07) is 15.4. The molecule has 0 aliphatic rings. The van der Waals surface area contributed by atoms with E-state index in [4.69, 9.17) is 0 Å². The normalized spacial score (nSPS) is 11.7. The molecule has 4 aromatic rings. The number of amides is 1. The first kappa shape index (κ1) is 29.2. The highest BCUT2D eigenvalue weighted by molar-refractivity contribution is 7.98. The molecule has 1 amide bonds. The molecule has 0 saturated carbocycles. The van der Waals surface area contributed by atoms with Gasteiger partial charge >= 0.3 is 5.97 Å². The van der Waals surface area contributed by atoms with Crippen molar-refractivity contribution in [3.8, 4) is 11.1 Å². The third-order valence-electron chi connectivity index (χ3n) is 6.39. The van der Waals surface area contributed by atoms with Crippen LogP contribution in [0, 0.1) is 18.6 Å². The molecule has 1 atom stereocenters. The van der Waals surface area contributed by atoms with E-state index in [2.05, 4.69) is 10.3 Å². The molecule has 0 aliphatic carbocycles. The van der Waals surface area contributed by atoms with Gasteiger partial charge in [-0.1, -0.05) is 30.3 Å². The first-order valence-corrected chi connectivity index (χ1v) is 14.8. The number of anilines is 1. The number of nitrogens with zero attached hydrogens (tertiary/aromatic N) is 2. The van der Waals surface area contributed by atoms with Crippen molar-refractivity contribution >= 4 is 40.7 Å². The third kappa shape index (κ3) is 7.45. The topological polar surface area (TPSA) is 82.5 Å². The lowest BCUT2D eigenvalue weighted by atomic mass is 9.93. The van der Waals surface area contributed by atoms with Crippen LogP contribution in [0.3, 0.4) is 0 Å². The number of benzene rings is 3. The van der Waals surface area contributed by atoms with E-state index in [1.807, 2.05) is 48.4 Å². The summed E-state index contributed by atoms with van der Waals surface area (Å²) in [5, 5.41) is 12.3. The van der Waals surface area contributed by atoms with E-state index in [9.17, 15) is 23.5 Å². The highest BCUT2D eigenvalue weighted by Gasteiger charge is 2.23. The Kier molecular flexibility index (Phi) is 9.89. The molecule has 1 aromatic heterocycles. The van der Waals surface area contributed by atoms with E-state index in [0.717, 1.165) is 27.6 Å². The first-order valence-electron chi connectivity index (χ1n) is 12.5. The first-order chi connectivity index (χ1) is 19.2. The van der Waals surface area contributed by atoms with Gasteiger partial charge < -0.3 is 15.3 Å². The van der Waals surface area contributed by atoms with Gasteiger partial charge in [0.25, 0.3) is 5.91 Å². The average molecular weight is 582 g/mol. The van der Waals surface area contributed by atoms with Gasteiger partial charge in [0, 0.05) is 34.9 Å². The van der Waals surface area contributed by atoms with Crippen molar-refractivity contribution in [2.24, 2.45) is 0 Å². The van der Waals surface area contributed by atoms with E-state index < -0.39 is 29.6 Å². The van der Waals surface area contributed by atoms with Gasteiger partial charge in [0.2, 0.25) is 0 Å². The van der Waals surface area contributed by atoms with Gasteiger partial charge in [0.15, 0.2) is 0 Å². The lowest BCUT2D eigenvalue weighted by Gasteiger charge is -2.25. The Labute approximate surface area is 240 Å². The Morgan fingerprint density at radius 2 is 1.80 bits per heavy atom. The molecule has 4 rings (SSSR count). The number of aliphatic carboxylic acids is 1. The number of carboxylic acid groups (broad SMARTS) is 1. The van der Waals surface area contributed by atoms with Crippen LogP contribution in [0.25, 0.3) is 11.1 Å². The van der Waals surface area contributed by atoms with Crippen LogP contribution in [-0.4, -0.2) is 40.0 Å². The number of halogens is 2. The SMILES string of the molecule is CSCCC(NC(=O)c1ccc(CN(Cc2cncs2)c2cc(F)cc(F)c2)cc1-c1ccccc1C)C(=O)O. The zero-order valence-electron chi connectivity index (χ0n) is 22.1. The number of rotatable bonds is 12. The predicted octanol–water partition coefficient (Wildman–Crippen LogP) is 6.54. The van der Waals surface area contributed by atoms with Crippen molar-refractivity contribution in [3.05, 3.63) is 106 Å². The Balaban J connectivity index is 1.73. The van der Waals surface area contributed by atoms with Crippen molar-refractivity contribution in [2.75, 3.05) is 16.9 Å². The van der Waals surface area contributed by atoms with Gasteiger partial charge in [-0.3, -0.25) is 9.78 Å². The van der Waals surface area contributed by atoms with Gasteiger partial charge in [-0.15, -0.1) is 11.3 Å². The van der Waals surface area contributed by atoms with E-state index in [1.165, 1.54) is 35.2 Å². The molecular formula is C30H29F2N3O3S2. The zero-order chi connectivity index (χ0) is 28.6. The molecule has 1 unspecified atom stereocenters. The maximum atomic E-state index is 14.2. The van der Waals surface area contributed by atoms with Gasteiger partial charge in [-0.2, -0.15) is 11.8 Å². The van der Waals surface area contributed by atoms with Gasteiger partial charge in [-0.05, 0) is 71.9 Å². The molecule has 0 spiro atoms. The van der Waals surface area contributed by atoms with E-state index in [-0.39, 0.29) is 0 Å². The van der Waals surface area contributed by atoms with E-state index in [0.29, 0.717) is 42.1 Å². The molecule has 40 heavy (non-hydrogen) atoms. The van der Waals surface area contributed by atoms with Crippen LogP contribution in [0.4, 0.5) is 14.5 Å². The second-order valence-corrected chi connectivity index (χ2v) is 11.2. The predicted molar refractivity (Wildman–Crippen MR) is 157 cm³/mol. The molecule has 0 radical (unpaired) electrons. The number of carbonyl (C=O) groups is 2. The van der Waals surface area contributed by atoms with Crippen molar-refractivity contribution < 1.29 is 23.5 Å². The molecule has 0 saturated heterocycles. The summed E-state index contributed by atoms with van der Waals surface area (Å²) in [6.45, 7) is 2.62. The molecule has 1 heterocycles. The molecule has 10 heteroatoms. The van der Waals surface area contributed by atoms with Crippen LogP contribution >= 0.6 is 23.1 Å². The minimum atomic E-state index is -1.09. The molecule has 0 bridgehead atoms. The number of aryl methyl sites for hydroxylation is 1. The van der Waals surface area contributed by atoms with Crippen LogP contribution in [0.2, 0.25) is 0 Å². The molecule has 0 aliphatic heterocycles. The van der Waals surface area contributed by atoms with E-state index in [1.54, 1.807) is 23.8 Å². The summed E-state index contributed by atoms with van der Waals surface area (Å²) in [5.74, 6) is -2.32. The summed E-state index contributed by atoms with van der Waals surface area (Å²) in [5.41, 5.74) is 5.65. The number of aromatic nitrogens is 1. The van der Waals surface area contributed by atoms with Crippen molar-refractivity contribution in [3.63, 3.8) is 0 Å². The minimum Gasteiger partial charge on any atom is -0.480 e. The summed E-state index contributed by atoms with van der Waals surface area (Å²) >= 11 is 2.96. The number of nitrogens with one attached hydrogen (secondary N) is 1. The quantitative estimate of drug-likeness (QED) is 0.198. The summed E-state index contributed by atoms with van der Waals surface area (Å²) in [6.07, 6.45) is 3.90. The summed E-state index contributed by atoms with van der Waals surface area (Å²) < 4.78 is 28.3. The third-order valence-corrected chi connectivity index (χ3v) is 7.80. The Morgan fingerprint density at radius 3 is 2.45 bits per heavy atom. The van der Waals surface area contributed by atoms with Crippen LogP contribution in [0.15, 0.2) is 72.4 Å². The molecule has 2 N–H and O–H groups in total. The van der Waals surface area contributed by atoms with E-state index >= 15 is 0 Å². The molecule has 208 valence electrons. The molecule has 0 fully saturated rings. The summed E-state index contributed by atoms with van der Waals surface area (Å²) in [7, 11) is 0. The maximum absolute atomic E-state index is 14.2. The van der Waals surface area contributed by atoms with Gasteiger partial charge in [0.05, 0.1) is 12.1 Å². The average Bonchev–Trinajstić information content (AvgIpc) is 3.43. The largest absolute Gasteiger partial charge is 0.480 e. The lowest BCUT2D eigenvalue weighted by Crippen LogP contribution is -2.41. The standard InChI is InChI=1S/C30H29F2N3O3S2/c1-19-5-3-4-6-25(19)27-11-20(7-8-26(27)29(36)34-28(30(37)38)9-10-39-2)16-35(17-24-15-33-18-40-24)23-13-21(31)12-22(32)14-23/h3-8,11-15,18,28H,9-10,16-17H2,1-2H3,(H,34,36)(H,37,38). The molecular weight excluding hydrogens is 552 g/mol. The second kappa shape index (κ2) is 13.5. The number of hydrogen-bond donors (Lipinski definition) is 2. The Morgan fingerprint density at radius 1 is 1.05 bits per heavy atom. The fourth-order valence-corrected chi connectivity index (χ4v) is 5.48. The highest BCUT2D eigenvalue weighted by Crippen LogP contribution is 2.30.